The second kappa shape index (κ2) is 9.07. The van der Waals surface area contributed by atoms with Crippen LogP contribution in [0.2, 0.25) is 0 Å². The number of rotatable bonds is 5. The van der Waals surface area contributed by atoms with Crippen molar-refractivity contribution in [3.63, 3.8) is 0 Å². The number of piperazine rings is 1. The van der Waals surface area contributed by atoms with Crippen LogP contribution in [0.4, 0.5) is 10.7 Å². The lowest BCUT2D eigenvalue weighted by molar-refractivity contribution is -0.892. The van der Waals surface area contributed by atoms with Gasteiger partial charge in [0.1, 0.15) is 16.8 Å². The number of hydrogen-bond acceptors (Lipinski definition) is 5. The Balaban J connectivity index is 1.33. The van der Waals surface area contributed by atoms with E-state index in [4.69, 9.17) is 4.74 Å². The van der Waals surface area contributed by atoms with Crippen LogP contribution in [0, 0.1) is 17.2 Å². The molecule has 0 radical (unpaired) electrons. The molecule has 7 heteroatoms. The number of amides is 1. The topological polar surface area (TPSA) is 69.8 Å². The number of nitrogens with one attached hydrogen (secondary N) is 2. The Morgan fingerprint density at radius 1 is 1.40 bits per heavy atom. The number of methoxy groups -OCH3 is 1. The average Bonchev–Trinajstić information content (AvgIpc) is 3.09. The molecule has 4 rings (SSSR count). The average molecular weight is 426 g/mol. The molecule has 1 aromatic heterocycles. The third kappa shape index (κ3) is 4.45. The second-order valence-electron chi connectivity index (χ2n) is 8.33. The molecule has 1 aliphatic heterocycles. The number of quaternary nitrogens is 1. The number of anilines is 2. The predicted molar refractivity (Wildman–Crippen MR) is 120 cm³/mol. The summed E-state index contributed by atoms with van der Waals surface area (Å²) < 4.78 is 5.32. The summed E-state index contributed by atoms with van der Waals surface area (Å²) in [7, 11) is 1.68. The first-order valence-electron chi connectivity index (χ1n) is 10.6. The lowest BCUT2D eigenvalue weighted by Crippen LogP contribution is -3.15. The van der Waals surface area contributed by atoms with Gasteiger partial charge in [-0.1, -0.05) is 13.0 Å². The van der Waals surface area contributed by atoms with Gasteiger partial charge >= 0.3 is 0 Å². The summed E-state index contributed by atoms with van der Waals surface area (Å²) in [5.41, 5.74) is 3.01. The molecule has 30 heavy (non-hydrogen) atoms. The number of carbonyl (C=O) groups is 1. The maximum absolute atomic E-state index is 12.7. The van der Waals surface area contributed by atoms with Crippen LogP contribution in [0.3, 0.4) is 0 Å². The van der Waals surface area contributed by atoms with E-state index in [-0.39, 0.29) is 5.91 Å². The molecule has 1 fully saturated rings. The molecule has 1 aliphatic carbocycles. The van der Waals surface area contributed by atoms with Crippen LogP contribution >= 0.6 is 11.3 Å². The fourth-order valence-electron chi connectivity index (χ4n) is 4.42. The number of nitrogens with zero attached hydrogens (tertiary/aromatic N) is 2. The molecule has 6 nitrogen and oxygen atoms in total. The molecular weight excluding hydrogens is 396 g/mol. The Bertz CT molecular complexity index is 957. The summed E-state index contributed by atoms with van der Waals surface area (Å²) >= 11 is 1.60. The summed E-state index contributed by atoms with van der Waals surface area (Å²) in [5, 5.41) is 13.4. The molecule has 2 aliphatic rings. The first kappa shape index (κ1) is 20.7. The van der Waals surface area contributed by atoms with E-state index in [0.29, 0.717) is 18.0 Å². The molecule has 1 amide bonds. The molecule has 158 valence electrons. The summed E-state index contributed by atoms with van der Waals surface area (Å²) in [6.07, 6.45) is 3.08. The Hall–Kier alpha value is -2.56. The first-order chi connectivity index (χ1) is 14.6. The van der Waals surface area contributed by atoms with Crippen molar-refractivity contribution in [2.24, 2.45) is 5.92 Å². The lowest BCUT2D eigenvalue weighted by Gasteiger charge is -2.33. The van der Waals surface area contributed by atoms with E-state index in [1.807, 2.05) is 12.1 Å². The zero-order chi connectivity index (χ0) is 21.1. The number of thiophene rings is 1. The van der Waals surface area contributed by atoms with Crippen molar-refractivity contribution in [3.8, 4) is 11.8 Å². The van der Waals surface area contributed by atoms with E-state index in [0.717, 1.165) is 67.4 Å². The minimum absolute atomic E-state index is 0.00276. The number of nitriles is 1. The van der Waals surface area contributed by atoms with Crippen LogP contribution in [-0.2, 0) is 17.6 Å². The smallest absolute Gasteiger partial charge is 0.280 e. The molecule has 2 N–H and O–H groups in total. The van der Waals surface area contributed by atoms with Crippen molar-refractivity contribution >= 4 is 27.9 Å². The Kier molecular flexibility index (Phi) is 6.26. The SMILES string of the molecule is COc1cccc(N2CC[NH+](CC(=O)Nc3sc4c(c3C#N)CC[C@@H](C)C4)CC2)c1. The largest absolute Gasteiger partial charge is 0.497 e. The molecule has 2 aromatic rings. The van der Waals surface area contributed by atoms with Crippen molar-refractivity contribution in [1.82, 2.24) is 0 Å². The van der Waals surface area contributed by atoms with Gasteiger partial charge in [0.2, 0.25) is 0 Å². The summed E-state index contributed by atoms with van der Waals surface area (Å²) in [6.45, 7) is 6.33. The van der Waals surface area contributed by atoms with Crippen LogP contribution < -0.4 is 19.9 Å². The monoisotopic (exact) mass is 425 g/mol. The van der Waals surface area contributed by atoms with Gasteiger partial charge in [-0.25, -0.2) is 0 Å². The molecule has 0 unspecified atom stereocenters. The van der Waals surface area contributed by atoms with Gasteiger partial charge in [0.25, 0.3) is 5.91 Å². The normalized spacial score (nSPS) is 19.1. The number of benzene rings is 1. The third-order valence-corrected chi connectivity index (χ3v) is 7.35. The Labute approximate surface area is 182 Å². The zero-order valence-corrected chi connectivity index (χ0v) is 18.5. The maximum atomic E-state index is 12.7. The minimum Gasteiger partial charge on any atom is -0.497 e. The van der Waals surface area contributed by atoms with E-state index in [1.54, 1.807) is 18.4 Å². The van der Waals surface area contributed by atoms with Gasteiger partial charge in [-0.2, -0.15) is 5.26 Å². The molecule has 0 bridgehead atoms. The van der Waals surface area contributed by atoms with Gasteiger partial charge in [0.05, 0.1) is 38.9 Å². The van der Waals surface area contributed by atoms with Crippen LogP contribution in [0.5, 0.6) is 5.75 Å². The van der Waals surface area contributed by atoms with Crippen molar-refractivity contribution in [1.29, 1.82) is 5.26 Å². The number of hydrogen-bond donors (Lipinski definition) is 2. The molecular formula is C23H29N4O2S+. The van der Waals surface area contributed by atoms with Crippen LogP contribution in [0.1, 0.15) is 29.3 Å². The van der Waals surface area contributed by atoms with Gasteiger partial charge in [0.15, 0.2) is 6.54 Å². The molecule has 1 saturated heterocycles. The molecule has 0 spiro atoms. The number of ether oxygens (including phenoxy) is 1. The highest BCUT2D eigenvalue weighted by Crippen LogP contribution is 2.39. The Morgan fingerprint density at radius 2 is 2.20 bits per heavy atom. The van der Waals surface area contributed by atoms with Gasteiger partial charge < -0.3 is 19.9 Å². The maximum Gasteiger partial charge on any atom is 0.280 e. The quantitative estimate of drug-likeness (QED) is 0.770. The van der Waals surface area contributed by atoms with Gasteiger partial charge in [0, 0.05) is 16.6 Å². The first-order valence-corrected chi connectivity index (χ1v) is 11.5. The van der Waals surface area contributed by atoms with Crippen molar-refractivity contribution in [2.75, 3.05) is 50.1 Å². The lowest BCUT2D eigenvalue weighted by atomic mass is 9.89. The highest BCUT2D eigenvalue weighted by molar-refractivity contribution is 7.16. The molecule has 1 atom stereocenters. The standard InChI is InChI=1S/C23H28N4O2S/c1-16-6-7-19-20(14-24)23(30-21(19)12-16)25-22(28)15-26-8-10-27(11-9-26)17-4-3-5-18(13-17)29-2/h3-5,13,16H,6-12,15H2,1-2H3,(H,25,28)/p+1/t16-/m1/s1. The van der Waals surface area contributed by atoms with Crippen LogP contribution in [0.25, 0.3) is 0 Å². The van der Waals surface area contributed by atoms with E-state index in [1.165, 1.54) is 9.78 Å². The highest BCUT2D eigenvalue weighted by Gasteiger charge is 2.26. The molecule has 1 aromatic carbocycles. The van der Waals surface area contributed by atoms with Crippen molar-refractivity contribution in [3.05, 3.63) is 40.3 Å². The summed E-state index contributed by atoms with van der Waals surface area (Å²) in [5.74, 6) is 1.52. The van der Waals surface area contributed by atoms with Crippen LogP contribution in [-0.4, -0.2) is 45.7 Å². The number of fused-ring (bicyclic) bond motifs is 1. The summed E-state index contributed by atoms with van der Waals surface area (Å²) in [6, 6.07) is 10.5. The van der Waals surface area contributed by atoms with Crippen molar-refractivity contribution in [2.45, 2.75) is 26.2 Å². The molecule has 2 heterocycles. The number of carbonyl (C=O) groups excluding carboxylic acids is 1. The second-order valence-corrected chi connectivity index (χ2v) is 9.44. The fourth-order valence-corrected chi connectivity index (χ4v) is 5.80. The van der Waals surface area contributed by atoms with Gasteiger partial charge in [-0.05, 0) is 42.9 Å². The van der Waals surface area contributed by atoms with Crippen molar-refractivity contribution < 1.29 is 14.4 Å². The third-order valence-electron chi connectivity index (χ3n) is 6.18. The van der Waals surface area contributed by atoms with Gasteiger partial charge in [-0.15, -0.1) is 11.3 Å². The van der Waals surface area contributed by atoms with Gasteiger partial charge in [-0.3, -0.25) is 4.79 Å². The minimum atomic E-state index is 0.00276. The molecule has 0 saturated carbocycles. The van der Waals surface area contributed by atoms with E-state index >= 15 is 0 Å². The van der Waals surface area contributed by atoms with Crippen LogP contribution in [0.15, 0.2) is 24.3 Å². The fraction of sp³-hybridized carbons (Fsp3) is 0.478. The summed E-state index contributed by atoms with van der Waals surface area (Å²) in [4.78, 5) is 17.6. The Morgan fingerprint density at radius 3 is 2.93 bits per heavy atom. The zero-order valence-electron chi connectivity index (χ0n) is 17.7. The van der Waals surface area contributed by atoms with E-state index in [2.05, 4.69) is 35.3 Å². The van der Waals surface area contributed by atoms with E-state index < -0.39 is 0 Å². The predicted octanol–water partition coefficient (Wildman–Crippen LogP) is 2.10. The van der Waals surface area contributed by atoms with E-state index in [9.17, 15) is 10.1 Å². The highest BCUT2D eigenvalue weighted by atomic mass is 32.1.